The van der Waals surface area contributed by atoms with Crippen LogP contribution in [0.15, 0.2) is 4.99 Å². The predicted octanol–water partition coefficient (Wildman–Crippen LogP) is 2.02. The maximum Gasteiger partial charge on any atom is 0.225 e. The average Bonchev–Trinajstić information content (AvgIpc) is 3.10. The Bertz CT molecular complexity index is 539. The Balaban J connectivity index is 1.22. The summed E-state index contributed by atoms with van der Waals surface area (Å²) in [4.78, 5) is 24.4. The first-order chi connectivity index (χ1) is 13.7. The Morgan fingerprint density at radius 2 is 1.61 bits per heavy atom. The van der Waals surface area contributed by atoms with Crippen molar-refractivity contribution < 1.29 is 4.79 Å². The zero-order chi connectivity index (χ0) is 19.3. The summed E-state index contributed by atoms with van der Waals surface area (Å²) in [5, 5.41) is 3.52. The van der Waals surface area contributed by atoms with Gasteiger partial charge in [-0.3, -0.25) is 14.7 Å². The van der Waals surface area contributed by atoms with Crippen molar-refractivity contribution in [1.29, 1.82) is 0 Å². The molecule has 0 aromatic rings. The van der Waals surface area contributed by atoms with Crippen LogP contribution in [0.25, 0.3) is 0 Å². The first-order valence-corrected chi connectivity index (χ1v) is 11.8. The van der Waals surface area contributed by atoms with Crippen molar-refractivity contribution in [3.8, 4) is 0 Å². The number of rotatable bonds is 5. The SMILES string of the molecule is CCNC(=NCCN1CCN(C(=O)C2CCC2)CC1)N1CC2CCCCC2C1. The van der Waals surface area contributed by atoms with Crippen molar-refractivity contribution in [2.45, 2.75) is 51.9 Å². The lowest BCUT2D eigenvalue weighted by Gasteiger charge is -2.38. The summed E-state index contributed by atoms with van der Waals surface area (Å²) in [6.07, 6.45) is 9.10. The molecule has 0 spiro atoms. The van der Waals surface area contributed by atoms with Crippen molar-refractivity contribution >= 4 is 11.9 Å². The molecule has 4 fully saturated rings. The number of piperazine rings is 1. The third kappa shape index (κ3) is 4.64. The molecular weight excluding hydrogens is 350 g/mol. The molecule has 6 nitrogen and oxygen atoms in total. The van der Waals surface area contributed by atoms with E-state index in [1.807, 2.05) is 0 Å². The molecule has 0 aromatic heterocycles. The lowest BCUT2D eigenvalue weighted by Crippen LogP contribution is -2.51. The van der Waals surface area contributed by atoms with Crippen LogP contribution >= 0.6 is 0 Å². The molecule has 1 amide bonds. The molecule has 28 heavy (non-hydrogen) atoms. The Labute approximate surface area is 170 Å². The van der Waals surface area contributed by atoms with E-state index >= 15 is 0 Å². The maximum atomic E-state index is 12.4. The summed E-state index contributed by atoms with van der Waals surface area (Å²) in [5.74, 6) is 3.64. The monoisotopic (exact) mass is 389 g/mol. The molecule has 2 aliphatic heterocycles. The molecule has 2 heterocycles. The number of fused-ring (bicyclic) bond motifs is 1. The highest BCUT2D eigenvalue weighted by molar-refractivity contribution is 5.80. The fourth-order valence-electron chi connectivity index (χ4n) is 5.41. The Hall–Kier alpha value is -1.30. The van der Waals surface area contributed by atoms with Crippen molar-refractivity contribution in [1.82, 2.24) is 20.0 Å². The number of amides is 1. The minimum absolute atomic E-state index is 0.336. The van der Waals surface area contributed by atoms with Gasteiger partial charge in [0.2, 0.25) is 5.91 Å². The molecule has 2 unspecified atom stereocenters. The molecule has 2 saturated heterocycles. The molecule has 4 aliphatic rings. The summed E-state index contributed by atoms with van der Waals surface area (Å²) in [6, 6.07) is 0. The molecule has 2 aliphatic carbocycles. The smallest absolute Gasteiger partial charge is 0.225 e. The highest BCUT2D eigenvalue weighted by atomic mass is 16.2. The number of nitrogens with one attached hydrogen (secondary N) is 1. The highest BCUT2D eigenvalue weighted by Gasteiger charge is 2.35. The van der Waals surface area contributed by atoms with Gasteiger partial charge in [-0.1, -0.05) is 19.3 Å². The maximum absolute atomic E-state index is 12.4. The molecule has 0 radical (unpaired) electrons. The number of aliphatic imine (C=N–C) groups is 1. The van der Waals surface area contributed by atoms with Gasteiger partial charge in [0, 0.05) is 58.3 Å². The summed E-state index contributed by atoms with van der Waals surface area (Å²) in [6.45, 7) is 11.1. The van der Waals surface area contributed by atoms with Crippen LogP contribution in [0.4, 0.5) is 0 Å². The van der Waals surface area contributed by atoms with E-state index in [0.29, 0.717) is 11.8 Å². The summed E-state index contributed by atoms with van der Waals surface area (Å²) < 4.78 is 0. The molecule has 2 saturated carbocycles. The average molecular weight is 390 g/mol. The van der Waals surface area contributed by atoms with Crippen molar-refractivity contribution in [3.05, 3.63) is 0 Å². The van der Waals surface area contributed by atoms with Gasteiger partial charge in [-0.15, -0.1) is 0 Å². The van der Waals surface area contributed by atoms with Gasteiger partial charge in [-0.25, -0.2) is 0 Å². The van der Waals surface area contributed by atoms with Crippen LogP contribution in [0.1, 0.15) is 51.9 Å². The first-order valence-electron chi connectivity index (χ1n) is 11.8. The number of nitrogens with zero attached hydrogens (tertiary/aromatic N) is 4. The molecule has 2 atom stereocenters. The van der Waals surface area contributed by atoms with E-state index in [1.165, 1.54) is 45.2 Å². The van der Waals surface area contributed by atoms with Crippen LogP contribution < -0.4 is 5.32 Å². The minimum atomic E-state index is 0.336. The molecule has 1 N–H and O–H groups in total. The first kappa shape index (κ1) is 20.0. The molecule has 0 bridgehead atoms. The molecule has 158 valence electrons. The topological polar surface area (TPSA) is 51.2 Å². The Kier molecular flexibility index (Phi) is 6.76. The second-order valence-electron chi connectivity index (χ2n) is 9.24. The number of carbonyl (C=O) groups excluding carboxylic acids is 1. The van der Waals surface area contributed by atoms with E-state index in [1.54, 1.807) is 0 Å². The molecule has 6 heteroatoms. The van der Waals surface area contributed by atoms with E-state index in [2.05, 4.69) is 26.9 Å². The number of likely N-dealkylation sites (tertiary alicyclic amines) is 1. The fourth-order valence-corrected chi connectivity index (χ4v) is 5.41. The third-order valence-corrected chi connectivity index (χ3v) is 7.43. The van der Waals surface area contributed by atoms with Crippen molar-refractivity contribution in [2.75, 3.05) is 58.9 Å². The van der Waals surface area contributed by atoms with Gasteiger partial charge < -0.3 is 15.1 Å². The lowest BCUT2D eigenvalue weighted by atomic mass is 9.82. The fraction of sp³-hybridized carbons (Fsp3) is 0.909. The van der Waals surface area contributed by atoms with Gasteiger partial charge in [0.1, 0.15) is 0 Å². The summed E-state index contributed by atoms with van der Waals surface area (Å²) in [5.41, 5.74) is 0. The van der Waals surface area contributed by atoms with Gasteiger partial charge >= 0.3 is 0 Å². The van der Waals surface area contributed by atoms with Gasteiger partial charge in [0.25, 0.3) is 0 Å². The van der Waals surface area contributed by atoms with E-state index in [0.717, 1.165) is 76.5 Å². The molecular formula is C22H39N5O. The standard InChI is InChI=1S/C22H39N5O/c1-2-23-22(27-16-19-6-3-4-7-20(19)17-27)24-10-11-25-12-14-26(15-13-25)21(28)18-8-5-9-18/h18-20H,2-17H2,1H3,(H,23,24). The number of hydrogen-bond donors (Lipinski definition) is 1. The van der Waals surface area contributed by atoms with Crippen LogP contribution in [-0.2, 0) is 4.79 Å². The van der Waals surface area contributed by atoms with Crippen molar-refractivity contribution in [3.63, 3.8) is 0 Å². The van der Waals surface area contributed by atoms with E-state index in [-0.39, 0.29) is 0 Å². The second-order valence-corrected chi connectivity index (χ2v) is 9.24. The zero-order valence-corrected chi connectivity index (χ0v) is 17.7. The predicted molar refractivity (Wildman–Crippen MR) is 113 cm³/mol. The van der Waals surface area contributed by atoms with E-state index in [4.69, 9.17) is 4.99 Å². The summed E-state index contributed by atoms with van der Waals surface area (Å²) in [7, 11) is 0. The molecule has 4 rings (SSSR count). The number of carbonyl (C=O) groups is 1. The van der Waals surface area contributed by atoms with Gasteiger partial charge in [0.05, 0.1) is 6.54 Å². The third-order valence-electron chi connectivity index (χ3n) is 7.43. The quantitative estimate of drug-likeness (QED) is 0.577. The highest BCUT2D eigenvalue weighted by Crippen LogP contribution is 2.36. The zero-order valence-electron chi connectivity index (χ0n) is 17.7. The minimum Gasteiger partial charge on any atom is -0.357 e. The second kappa shape index (κ2) is 9.47. The van der Waals surface area contributed by atoms with Crippen LogP contribution in [0, 0.1) is 17.8 Å². The molecule has 0 aromatic carbocycles. The lowest BCUT2D eigenvalue weighted by molar-refractivity contribution is -0.139. The van der Waals surface area contributed by atoms with Gasteiger partial charge in [-0.2, -0.15) is 0 Å². The van der Waals surface area contributed by atoms with E-state index < -0.39 is 0 Å². The normalized spacial score (nSPS) is 29.5. The number of hydrogen-bond acceptors (Lipinski definition) is 3. The Morgan fingerprint density at radius 1 is 0.929 bits per heavy atom. The van der Waals surface area contributed by atoms with Crippen molar-refractivity contribution in [2.24, 2.45) is 22.7 Å². The van der Waals surface area contributed by atoms with E-state index in [9.17, 15) is 4.79 Å². The van der Waals surface area contributed by atoms with Crippen LogP contribution in [-0.4, -0.2) is 85.5 Å². The largest absolute Gasteiger partial charge is 0.357 e. The van der Waals surface area contributed by atoms with Gasteiger partial charge in [0.15, 0.2) is 5.96 Å². The van der Waals surface area contributed by atoms with Crippen LogP contribution in [0.5, 0.6) is 0 Å². The van der Waals surface area contributed by atoms with Gasteiger partial charge in [-0.05, 0) is 44.4 Å². The van der Waals surface area contributed by atoms with Crippen LogP contribution in [0.2, 0.25) is 0 Å². The Morgan fingerprint density at radius 3 is 2.18 bits per heavy atom. The summed E-state index contributed by atoms with van der Waals surface area (Å²) >= 11 is 0. The number of guanidine groups is 1. The van der Waals surface area contributed by atoms with Crippen LogP contribution in [0.3, 0.4) is 0 Å².